The van der Waals surface area contributed by atoms with E-state index < -0.39 is 11.6 Å². The SMILES string of the molecule is CN(C)C(=O)N1CCCC(C(=O)Nc2cc(F)cc(F)c2)C1. The summed E-state index contributed by atoms with van der Waals surface area (Å²) in [6.07, 6.45) is 1.36. The molecule has 1 N–H and O–H groups in total. The molecular weight excluding hydrogens is 292 g/mol. The van der Waals surface area contributed by atoms with Gasteiger partial charge < -0.3 is 15.1 Å². The Morgan fingerprint density at radius 3 is 2.45 bits per heavy atom. The largest absolute Gasteiger partial charge is 0.331 e. The van der Waals surface area contributed by atoms with Gasteiger partial charge in [-0.05, 0) is 25.0 Å². The van der Waals surface area contributed by atoms with Crippen molar-refractivity contribution in [3.8, 4) is 0 Å². The third kappa shape index (κ3) is 3.93. The molecule has 1 heterocycles. The number of carbonyl (C=O) groups excluding carboxylic acids is 2. The Morgan fingerprint density at radius 2 is 1.86 bits per heavy atom. The van der Waals surface area contributed by atoms with Gasteiger partial charge in [0.1, 0.15) is 11.6 Å². The van der Waals surface area contributed by atoms with Crippen LogP contribution in [0.25, 0.3) is 0 Å². The van der Waals surface area contributed by atoms with Crippen molar-refractivity contribution < 1.29 is 18.4 Å². The maximum Gasteiger partial charge on any atom is 0.319 e. The second-order valence-electron chi connectivity index (χ2n) is 5.61. The van der Waals surface area contributed by atoms with E-state index in [1.807, 2.05) is 0 Å². The Balaban J connectivity index is 2.01. The first-order valence-electron chi connectivity index (χ1n) is 7.10. The Labute approximate surface area is 127 Å². The number of hydrogen-bond acceptors (Lipinski definition) is 2. The van der Waals surface area contributed by atoms with Gasteiger partial charge in [-0.25, -0.2) is 13.6 Å². The molecule has 1 aromatic carbocycles. The Kier molecular flexibility index (Phi) is 4.95. The Morgan fingerprint density at radius 1 is 1.23 bits per heavy atom. The van der Waals surface area contributed by atoms with E-state index in [1.165, 1.54) is 4.90 Å². The average Bonchev–Trinajstić information content (AvgIpc) is 2.45. The van der Waals surface area contributed by atoms with Crippen LogP contribution in [0.1, 0.15) is 12.8 Å². The lowest BCUT2D eigenvalue weighted by Crippen LogP contribution is -2.47. The maximum absolute atomic E-state index is 13.1. The minimum absolute atomic E-state index is 0.0820. The molecule has 3 amide bonds. The predicted octanol–water partition coefficient (Wildman–Crippen LogP) is 2.30. The first-order chi connectivity index (χ1) is 10.4. The van der Waals surface area contributed by atoms with Crippen molar-refractivity contribution in [1.82, 2.24) is 9.80 Å². The number of amides is 3. The minimum atomic E-state index is -0.747. The van der Waals surface area contributed by atoms with Crippen molar-refractivity contribution in [2.24, 2.45) is 5.92 Å². The molecule has 0 spiro atoms. The number of nitrogens with one attached hydrogen (secondary N) is 1. The topological polar surface area (TPSA) is 52.7 Å². The van der Waals surface area contributed by atoms with Gasteiger partial charge in [0.05, 0.1) is 5.92 Å². The lowest BCUT2D eigenvalue weighted by molar-refractivity contribution is -0.121. The lowest BCUT2D eigenvalue weighted by atomic mass is 9.97. The molecule has 0 bridgehead atoms. The number of piperidine rings is 1. The third-order valence-corrected chi connectivity index (χ3v) is 3.58. The van der Waals surface area contributed by atoms with Gasteiger partial charge in [-0.1, -0.05) is 0 Å². The highest BCUT2D eigenvalue weighted by atomic mass is 19.1. The summed E-state index contributed by atoms with van der Waals surface area (Å²) in [6.45, 7) is 0.913. The molecule has 1 unspecified atom stereocenters. The zero-order valence-corrected chi connectivity index (χ0v) is 12.6. The van der Waals surface area contributed by atoms with Crippen LogP contribution >= 0.6 is 0 Å². The molecule has 0 saturated carbocycles. The van der Waals surface area contributed by atoms with Gasteiger partial charge in [0.25, 0.3) is 0 Å². The van der Waals surface area contributed by atoms with Gasteiger partial charge in [-0.3, -0.25) is 4.79 Å². The second-order valence-corrected chi connectivity index (χ2v) is 5.61. The molecule has 22 heavy (non-hydrogen) atoms. The van der Waals surface area contributed by atoms with Crippen LogP contribution in [0.3, 0.4) is 0 Å². The van der Waals surface area contributed by atoms with E-state index in [2.05, 4.69) is 5.32 Å². The minimum Gasteiger partial charge on any atom is -0.331 e. The van der Waals surface area contributed by atoms with Crippen LogP contribution in [0.5, 0.6) is 0 Å². The molecular formula is C15H19F2N3O2. The molecule has 0 radical (unpaired) electrons. The van der Waals surface area contributed by atoms with Gasteiger partial charge in [-0.15, -0.1) is 0 Å². The summed E-state index contributed by atoms with van der Waals surface area (Å²) in [5, 5.41) is 2.51. The highest BCUT2D eigenvalue weighted by Crippen LogP contribution is 2.20. The number of likely N-dealkylation sites (tertiary alicyclic amines) is 1. The van der Waals surface area contributed by atoms with E-state index in [1.54, 1.807) is 19.0 Å². The fraction of sp³-hybridized carbons (Fsp3) is 0.467. The van der Waals surface area contributed by atoms with Crippen molar-refractivity contribution in [3.63, 3.8) is 0 Å². The summed E-state index contributed by atoms with van der Waals surface area (Å²) < 4.78 is 26.3. The number of anilines is 1. The zero-order valence-electron chi connectivity index (χ0n) is 12.6. The average molecular weight is 311 g/mol. The van der Waals surface area contributed by atoms with E-state index in [9.17, 15) is 18.4 Å². The van der Waals surface area contributed by atoms with Gasteiger partial charge in [0.15, 0.2) is 0 Å². The summed E-state index contributed by atoms with van der Waals surface area (Å²) in [5.74, 6) is -2.21. The molecule has 1 fully saturated rings. The maximum atomic E-state index is 13.1. The Bertz CT molecular complexity index is 558. The number of halogens is 2. The van der Waals surface area contributed by atoms with E-state index in [4.69, 9.17) is 0 Å². The van der Waals surface area contributed by atoms with Crippen molar-refractivity contribution in [2.75, 3.05) is 32.5 Å². The molecule has 1 aromatic rings. The smallest absolute Gasteiger partial charge is 0.319 e. The van der Waals surface area contributed by atoms with Gasteiger partial charge >= 0.3 is 6.03 Å². The molecule has 0 aromatic heterocycles. The molecule has 0 aliphatic carbocycles. The number of benzene rings is 1. The van der Waals surface area contributed by atoms with Crippen molar-refractivity contribution in [1.29, 1.82) is 0 Å². The number of rotatable bonds is 2. The van der Waals surface area contributed by atoms with Crippen LogP contribution in [-0.4, -0.2) is 48.9 Å². The standard InChI is InChI=1S/C15H19F2N3O2/c1-19(2)15(22)20-5-3-4-10(9-20)14(21)18-13-7-11(16)6-12(17)8-13/h6-8,10H,3-5,9H2,1-2H3,(H,18,21). The van der Waals surface area contributed by atoms with Crippen molar-refractivity contribution in [2.45, 2.75) is 12.8 Å². The zero-order chi connectivity index (χ0) is 16.3. The van der Waals surface area contributed by atoms with Crippen LogP contribution in [-0.2, 0) is 4.79 Å². The van der Waals surface area contributed by atoms with Gasteiger partial charge in [0.2, 0.25) is 5.91 Å². The Hall–Kier alpha value is -2.18. The van der Waals surface area contributed by atoms with E-state index in [0.29, 0.717) is 19.5 Å². The van der Waals surface area contributed by atoms with E-state index in [-0.39, 0.29) is 23.5 Å². The van der Waals surface area contributed by atoms with Crippen molar-refractivity contribution in [3.05, 3.63) is 29.8 Å². The van der Waals surface area contributed by atoms with Crippen LogP contribution in [0.15, 0.2) is 18.2 Å². The summed E-state index contributed by atoms with van der Waals surface area (Å²) in [6, 6.07) is 2.72. The second kappa shape index (κ2) is 6.72. The summed E-state index contributed by atoms with van der Waals surface area (Å²) in [5.41, 5.74) is 0.0820. The molecule has 1 atom stereocenters. The molecule has 7 heteroatoms. The van der Waals surface area contributed by atoms with Crippen LogP contribution in [0, 0.1) is 17.6 Å². The molecule has 2 rings (SSSR count). The highest BCUT2D eigenvalue weighted by molar-refractivity contribution is 5.93. The molecule has 120 valence electrons. The normalized spacial score (nSPS) is 18.0. The van der Waals surface area contributed by atoms with Gasteiger partial charge in [0, 0.05) is 38.9 Å². The first-order valence-corrected chi connectivity index (χ1v) is 7.10. The fourth-order valence-electron chi connectivity index (χ4n) is 2.52. The summed E-state index contributed by atoms with van der Waals surface area (Å²) in [4.78, 5) is 27.2. The van der Waals surface area contributed by atoms with E-state index >= 15 is 0 Å². The number of hydrogen-bond donors (Lipinski definition) is 1. The van der Waals surface area contributed by atoms with Crippen LogP contribution in [0.4, 0.5) is 19.3 Å². The van der Waals surface area contributed by atoms with Crippen LogP contribution < -0.4 is 5.32 Å². The number of carbonyl (C=O) groups is 2. The number of nitrogens with zero attached hydrogens (tertiary/aromatic N) is 2. The predicted molar refractivity (Wildman–Crippen MR) is 78.4 cm³/mol. The third-order valence-electron chi connectivity index (χ3n) is 3.58. The molecule has 5 nitrogen and oxygen atoms in total. The summed E-state index contributed by atoms with van der Waals surface area (Å²) >= 11 is 0. The molecule has 1 aliphatic heterocycles. The van der Waals surface area contributed by atoms with E-state index in [0.717, 1.165) is 24.6 Å². The first kappa shape index (κ1) is 16.2. The fourth-order valence-corrected chi connectivity index (χ4v) is 2.52. The quantitative estimate of drug-likeness (QED) is 0.911. The highest BCUT2D eigenvalue weighted by Gasteiger charge is 2.29. The molecule has 1 saturated heterocycles. The summed E-state index contributed by atoms with van der Waals surface area (Å²) in [7, 11) is 3.31. The van der Waals surface area contributed by atoms with Gasteiger partial charge in [-0.2, -0.15) is 0 Å². The molecule has 1 aliphatic rings. The van der Waals surface area contributed by atoms with Crippen LogP contribution in [0.2, 0.25) is 0 Å². The van der Waals surface area contributed by atoms with Crippen molar-refractivity contribution >= 4 is 17.6 Å². The monoisotopic (exact) mass is 311 g/mol. The number of urea groups is 1. The lowest BCUT2D eigenvalue weighted by Gasteiger charge is -2.33.